The van der Waals surface area contributed by atoms with Gasteiger partial charge in [0.15, 0.2) is 10.1 Å². The van der Waals surface area contributed by atoms with Crippen molar-refractivity contribution < 1.29 is 13.6 Å². The molecule has 1 aromatic heterocycles. The number of hydrogen-bond acceptors (Lipinski definition) is 6. The van der Waals surface area contributed by atoms with Crippen molar-refractivity contribution in [3.05, 3.63) is 40.4 Å². The van der Waals surface area contributed by atoms with E-state index >= 15 is 0 Å². The van der Waals surface area contributed by atoms with E-state index < -0.39 is 11.6 Å². The highest BCUT2D eigenvalue weighted by atomic mass is 32.2. The van der Waals surface area contributed by atoms with Gasteiger partial charge < -0.3 is 0 Å². The highest BCUT2D eigenvalue weighted by molar-refractivity contribution is 8.00. The maximum absolute atomic E-state index is 13.8. The van der Waals surface area contributed by atoms with Crippen LogP contribution in [0.1, 0.15) is 28.2 Å². The molecule has 128 valence electrons. The molecule has 0 bridgehead atoms. The van der Waals surface area contributed by atoms with Gasteiger partial charge in [0.2, 0.25) is 0 Å². The topological polar surface area (TPSA) is 46.1 Å². The Bertz CT molecular complexity index is 730. The van der Waals surface area contributed by atoms with E-state index in [-0.39, 0.29) is 17.3 Å². The first-order chi connectivity index (χ1) is 11.6. The molecule has 1 aromatic carbocycles. The van der Waals surface area contributed by atoms with Crippen molar-refractivity contribution in [2.24, 2.45) is 5.92 Å². The van der Waals surface area contributed by atoms with Gasteiger partial charge in [0.25, 0.3) is 0 Å². The quantitative estimate of drug-likeness (QED) is 0.595. The number of benzene rings is 1. The maximum atomic E-state index is 13.8. The van der Waals surface area contributed by atoms with Crippen LogP contribution in [0, 0.1) is 17.6 Å². The second-order valence-electron chi connectivity index (χ2n) is 5.70. The molecule has 0 radical (unpaired) electrons. The van der Waals surface area contributed by atoms with E-state index in [4.69, 9.17) is 0 Å². The third-order valence-electron chi connectivity index (χ3n) is 4.13. The second-order valence-corrected chi connectivity index (χ2v) is 7.82. The van der Waals surface area contributed by atoms with E-state index in [2.05, 4.69) is 15.1 Å². The normalized spacial score (nSPS) is 16.5. The van der Waals surface area contributed by atoms with Crippen molar-refractivity contribution in [1.29, 1.82) is 0 Å². The lowest BCUT2D eigenvalue weighted by atomic mass is 9.88. The SMILES string of the molecule is CSc1nnc(CN2CCC(C(=O)c3cc(F)ccc3F)CC2)s1. The van der Waals surface area contributed by atoms with E-state index in [9.17, 15) is 13.6 Å². The molecule has 0 N–H and O–H groups in total. The molecule has 1 aliphatic heterocycles. The van der Waals surface area contributed by atoms with Gasteiger partial charge in [-0.1, -0.05) is 23.1 Å². The number of ketones is 1. The third kappa shape index (κ3) is 3.99. The number of carbonyl (C=O) groups excluding carboxylic acids is 1. The lowest BCUT2D eigenvalue weighted by Crippen LogP contribution is -2.36. The molecule has 0 unspecified atom stereocenters. The Morgan fingerprint density at radius 1 is 1.33 bits per heavy atom. The summed E-state index contributed by atoms with van der Waals surface area (Å²) in [6.45, 7) is 2.19. The van der Waals surface area contributed by atoms with Crippen LogP contribution < -0.4 is 0 Å². The van der Waals surface area contributed by atoms with Gasteiger partial charge in [-0.3, -0.25) is 9.69 Å². The molecule has 3 rings (SSSR count). The molecule has 0 atom stereocenters. The van der Waals surface area contributed by atoms with E-state index in [0.717, 1.165) is 40.6 Å². The summed E-state index contributed by atoms with van der Waals surface area (Å²) >= 11 is 3.15. The number of hydrogen-bond donors (Lipinski definition) is 0. The number of halogens is 2. The van der Waals surface area contributed by atoms with Crippen molar-refractivity contribution in [1.82, 2.24) is 15.1 Å². The first-order valence-corrected chi connectivity index (χ1v) is 9.69. The van der Waals surface area contributed by atoms with Crippen LogP contribution in [0.4, 0.5) is 8.78 Å². The van der Waals surface area contributed by atoms with Crippen LogP contribution in [0.3, 0.4) is 0 Å². The van der Waals surface area contributed by atoms with Gasteiger partial charge >= 0.3 is 0 Å². The first-order valence-electron chi connectivity index (χ1n) is 7.65. The van der Waals surface area contributed by atoms with Gasteiger partial charge in [-0.15, -0.1) is 10.2 Å². The summed E-state index contributed by atoms with van der Waals surface area (Å²) < 4.78 is 28.0. The van der Waals surface area contributed by atoms with Crippen LogP contribution in [0.25, 0.3) is 0 Å². The predicted octanol–water partition coefficient (Wildman–Crippen LogP) is 3.63. The molecule has 1 fully saturated rings. The Labute approximate surface area is 147 Å². The zero-order chi connectivity index (χ0) is 17.1. The van der Waals surface area contributed by atoms with Crippen molar-refractivity contribution in [3.8, 4) is 0 Å². The molecule has 2 heterocycles. The maximum Gasteiger partial charge on any atom is 0.174 e. The second kappa shape index (κ2) is 7.67. The summed E-state index contributed by atoms with van der Waals surface area (Å²) in [6, 6.07) is 3.03. The van der Waals surface area contributed by atoms with Gasteiger partial charge in [0.05, 0.1) is 12.1 Å². The van der Waals surface area contributed by atoms with E-state index in [1.54, 1.807) is 23.1 Å². The largest absolute Gasteiger partial charge is 0.297 e. The number of likely N-dealkylation sites (tertiary alicyclic amines) is 1. The smallest absolute Gasteiger partial charge is 0.174 e. The van der Waals surface area contributed by atoms with Crippen LogP contribution in [0.2, 0.25) is 0 Å². The number of carbonyl (C=O) groups is 1. The molecule has 4 nitrogen and oxygen atoms in total. The summed E-state index contributed by atoms with van der Waals surface area (Å²) in [4.78, 5) is 14.7. The summed E-state index contributed by atoms with van der Waals surface area (Å²) in [7, 11) is 0. The van der Waals surface area contributed by atoms with Crippen molar-refractivity contribution in [2.75, 3.05) is 19.3 Å². The van der Waals surface area contributed by atoms with Gasteiger partial charge in [0, 0.05) is 5.92 Å². The number of rotatable bonds is 5. The highest BCUT2D eigenvalue weighted by Gasteiger charge is 2.28. The molecule has 0 aliphatic carbocycles. The Balaban J connectivity index is 1.58. The van der Waals surface area contributed by atoms with E-state index in [0.29, 0.717) is 19.4 Å². The Hall–Kier alpha value is -1.38. The Morgan fingerprint density at radius 3 is 2.75 bits per heavy atom. The molecular weight excluding hydrogens is 352 g/mol. The molecule has 1 saturated heterocycles. The van der Waals surface area contributed by atoms with Gasteiger partial charge in [0.1, 0.15) is 16.6 Å². The average molecular weight is 369 g/mol. The third-order valence-corrected chi connectivity index (χ3v) is 6.02. The fourth-order valence-electron chi connectivity index (χ4n) is 2.84. The van der Waals surface area contributed by atoms with Gasteiger partial charge in [-0.25, -0.2) is 8.78 Å². The molecule has 2 aromatic rings. The standard InChI is InChI=1S/C16H17F2N3OS2/c1-23-16-20-19-14(24-16)9-21-6-4-10(5-7-21)15(22)12-8-11(17)2-3-13(12)18/h2-3,8,10H,4-7,9H2,1H3. The van der Waals surface area contributed by atoms with Crippen LogP contribution in [-0.2, 0) is 6.54 Å². The summed E-state index contributed by atoms with van der Waals surface area (Å²) in [5.74, 6) is -1.79. The summed E-state index contributed by atoms with van der Waals surface area (Å²) in [5, 5.41) is 9.19. The zero-order valence-electron chi connectivity index (χ0n) is 13.2. The van der Waals surface area contributed by atoms with Gasteiger partial charge in [-0.05, 0) is 50.4 Å². The number of piperidine rings is 1. The monoisotopic (exact) mass is 369 g/mol. The molecule has 8 heteroatoms. The van der Waals surface area contributed by atoms with Crippen LogP contribution in [-0.4, -0.2) is 40.2 Å². The highest BCUT2D eigenvalue weighted by Crippen LogP contribution is 2.26. The fourth-order valence-corrected chi connectivity index (χ4v) is 4.19. The van der Waals surface area contributed by atoms with Crippen molar-refractivity contribution in [3.63, 3.8) is 0 Å². The first kappa shape index (κ1) is 17.4. The zero-order valence-corrected chi connectivity index (χ0v) is 14.8. The Kier molecular flexibility index (Phi) is 5.57. The minimum absolute atomic E-state index is 0.137. The molecule has 0 amide bonds. The molecule has 24 heavy (non-hydrogen) atoms. The van der Waals surface area contributed by atoms with Crippen molar-refractivity contribution in [2.45, 2.75) is 23.7 Å². The molecule has 1 aliphatic rings. The lowest BCUT2D eigenvalue weighted by molar-refractivity contribution is 0.0830. The number of aromatic nitrogens is 2. The predicted molar refractivity (Wildman–Crippen MR) is 90.4 cm³/mol. The summed E-state index contributed by atoms with van der Waals surface area (Å²) in [6.07, 6.45) is 3.25. The number of thioether (sulfide) groups is 1. The fraction of sp³-hybridized carbons (Fsp3) is 0.438. The molecular formula is C16H17F2N3OS2. The Morgan fingerprint density at radius 2 is 2.08 bits per heavy atom. The number of nitrogens with zero attached hydrogens (tertiary/aromatic N) is 3. The molecule has 0 saturated carbocycles. The average Bonchev–Trinajstić information content (AvgIpc) is 3.05. The minimum Gasteiger partial charge on any atom is -0.297 e. The molecule has 0 spiro atoms. The van der Waals surface area contributed by atoms with E-state index in [1.807, 2.05) is 6.26 Å². The van der Waals surface area contributed by atoms with Crippen LogP contribution in [0.15, 0.2) is 22.5 Å². The van der Waals surface area contributed by atoms with Crippen molar-refractivity contribution >= 4 is 28.9 Å². The van der Waals surface area contributed by atoms with Crippen LogP contribution >= 0.6 is 23.1 Å². The van der Waals surface area contributed by atoms with Crippen LogP contribution in [0.5, 0.6) is 0 Å². The minimum atomic E-state index is -0.651. The van der Waals surface area contributed by atoms with E-state index in [1.165, 1.54) is 0 Å². The van der Waals surface area contributed by atoms with Gasteiger partial charge in [-0.2, -0.15) is 0 Å². The lowest BCUT2D eigenvalue weighted by Gasteiger charge is -2.30. The summed E-state index contributed by atoms with van der Waals surface area (Å²) in [5.41, 5.74) is -0.137. The number of Topliss-reactive ketones (excluding diaryl/α,β-unsaturated/α-hetero) is 1.